The Morgan fingerprint density at radius 2 is 2.05 bits per heavy atom. The zero-order valence-electron chi connectivity index (χ0n) is 11.9. The van der Waals surface area contributed by atoms with Gasteiger partial charge in [-0.1, -0.05) is 26.2 Å². The van der Waals surface area contributed by atoms with Crippen LogP contribution in [0.1, 0.15) is 64.7 Å². The van der Waals surface area contributed by atoms with Gasteiger partial charge in [0, 0.05) is 6.54 Å². The topological polar surface area (TPSA) is 55.4 Å². The molecule has 0 radical (unpaired) electrons. The van der Waals surface area contributed by atoms with Gasteiger partial charge in [0.15, 0.2) is 0 Å². The van der Waals surface area contributed by atoms with Gasteiger partial charge >= 0.3 is 5.97 Å². The van der Waals surface area contributed by atoms with Gasteiger partial charge in [0.2, 0.25) is 5.91 Å². The van der Waals surface area contributed by atoms with Crippen molar-refractivity contribution in [1.29, 1.82) is 0 Å². The molecule has 0 aromatic carbocycles. The monoisotopic (exact) mass is 267 g/mol. The molecule has 1 saturated heterocycles. The fourth-order valence-corrected chi connectivity index (χ4v) is 3.33. The highest BCUT2D eigenvalue weighted by atomic mass is 16.6. The first kappa shape index (κ1) is 14.4. The second-order valence-corrected chi connectivity index (χ2v) is 5.85. The van der Waals surface area contributed by atoms with Crippen LogP contribution in [0.15, 0.2) is 0 Å². The number of hydrogen-bond donors (Lipinski definition) is 1. The van der Waals surface area contributed by atoms with E-state index in [-0.39, 0.29) is 24.2 Å². The molecule has 1 saturated carbocycles. The first-order valence-electron chi connectivity index (χ1n) is 7.67. The zero-order chi connectivity index (χ0) is 13.7. The molecule has 0 unspecified atom stereocenters. The van der Waals surface area contributed by atoms with Crippen LogP contribution >= 0.6 is 0 Å². The summed E-state index contributed by atoms with van der Waals surface area (Å²) in [6, 6.07) is 0. The Hall–Kier alpha value is -1.06. The Labute approximate surface area is 115 Å². The van der Waals surface area contributed by atoms with Crippen LogP contribution in [0.3, 0.4) is 0 Å². The first-order valence-corrected chi connectivity index (χ1v) is 7.67. The molecule has 4 heteroatoms. The van der Waals surface area contributed by atoms with Gasteiger partial charge < -0.3 is 10.1 Å². The number of ether oxygens (including phenoxy) is 1. The van der Waals surface area contributed by atoms with Crippen LogP contribution in [-0.2, 0) is 14.3 Å². The quantitative estimate of drug-likeness (QED) is 0.615. The number of carbonyl (C=O) groups is 2. The van der Waals surface area contributed by atoms with E-state index in [4.69, 9.17) is 4.74 Å². The molecule has 4 nitrogen and oxygen atoms in total. The van der Waals surface area contributed by atoms with Crippen LogP contribution in [0, 0.1) is 5.92 Å². The number of nitrogens with one attached hydrogen (secondary N) is 1. The minimum absolute atomic E-state index is 0.0175. The third-order valence-corrected chi connectivity index (χ3v) is 4.42. The van der Waals surface area contributed by atoms with Crippen molar-refractivity contribution in [3.8, 4) is 0 Å². The Balaban J connectivity index is 1.92. The molecule has 108 valence electrons. The van der Waals surface area contributed by atoms with Crippen molar-refractivity contribution < 1.29 is 14.3 Å². The fourth-order valence-electron chi connectivity index (χ4n) is 3.33. The average molecular weight is 267 g/mol. The SMILES string of the molecule is CCCCCNC(=O)[C@@H]1CC(=O)OC12CCCCC2. The minimum atomic E-state index is -0.482. The molecule has 1 amide bonds. The molecule has 0 aromatic rings. The lowest BCUT2D eigenvalue weighted by molar-refractivity contribution is -0.153. The third kappa shape index (κ3) is 3.28. The summed E-state index contributed by atoms with van der Waals surface area (Å²) in [7, 11) is 0. The first-order chi connectivity index (χ1) is 9.18. The zero-order valence-corrected chi connectivity index (χ0v) is 11.9. The summed E-state index contributed by atoms with van der Waals surface area (Å²) >= 11 is 0. The predicted octanol–water partition coefficient (Wildman–Crippen LogP) is 2.56. The number of hydrogen-bond acceptors (Lipinski definition) is 3. The van der Waals surface area contributed by atoms with E-state index in [1.54, 1.807) is 0 Å². The van der Waals surface area contributed by atoms with Gasteiger partial charge in [-0.2, -0.15) is 0 Å². The molecule has 1 atom stereocenters. The van der Waals surface area contributed by atoms with Crippen molar-refractivity contribution in [3.05, 3.63) is 0 Å². The molecule has 1 heterocycles. The molecule has 0 aromatic heterocycles. The van der Waals surface area contributed by atoms with Gasteiger partial charge in [0.05, 0.1) is 12.3 Å². The van der Waals surface area contributed by atoms with Crippen molar-refractivity contribution in [2.24, 2.45) is 5.92 Å². The van der Waals surface area contributed by atoms with Crippen LogP contribution in [0.4, 0.5) is 0 Å². The van der Waals surface area contributed by atoms with Crippen molar-refractivity contribution in [2.75, 3.05) is 6.54 Å². The Kier molecular flexibility index (Phi) is 4.83. The molecule has 1 aliphatic heterocycles. The largest absolute Gasteiger partial charge is 0.458 e. The molecule has 19 heavy (non-hydrogen) atoms. The summed E-state index contributed by atoms with van der Waals surface area (Å²) in [5.41, 5.74) is -0.482. The third-order valence-electron chi connectivity index (χ3n) is 4.42. The van der Waals surface area contributed by atoms with E-state index in [0.717, 1.165) is 44.9 Å². The van der Waals surface area contributed by atoms with Gasteiger partial charge in [-0.3, -0.25) is 9.59 Å². The van der Waals surface area contributed by atoms with Crippen LogP contribution in [-0.4, -0.2) is 24.0 Å². The Morgan fingerprint density at radius 3 is 2.74 bits per heavy atom. The second kappa shape index (κ2) is 6.40. The number of esters is 1. The van der Waals surface area contributed by atoms with E-state index < -0.39 is 5.60 Å². The maximum atomic E-state index is 12.3. The summed E-state index contributed by atoms with van der Waals surface area (Å²) < 4.78 is 5.55. The van der Waals surface area contributed by atoms with Gasteiger partial charge in [0.25, 0.3) is 0 Å². The normalized spacial score (nSPS) is 25.3. The van der Waals surface area contributed by atoms with E-state index in [2.05, 4.69) is 12.2 Å². The van der Waals surface area contributed by atoms with E-state index in [0.29, 0.717) is 6.54 Å². The lowest BCUT2D eigenvalue weighted by Crippen LogP contribution is -2.45. The predicted molar refractivity (Wildman–Crippen MR) is 72.5 cm³/mol. The highest BCUT2D eigenvalue weighted by molar-refractivity contribution is 5.87. The molecular formula is C15H25NO3. The van der Waals surface area contributed by atoms with E-state index >= 15 is 0 Å². The summed E-state index contributed by atoms with van der Waals surface area (Å²) in [5.74, 6) is -0.443. The second-order valence-electron chi connectivity index (χ2n) is 5.85. The molecule has 2 rings (SSSR count). The summed E-state index contributed by atoms with van der Waals surface area (Å²) in [6.45, 7) is 2.86. The standard InChI is InChI=1S/C15H25NO3/c1-2-3-7-10-16-14(18)12-11-13(17)19-15(12)8-5-4-6-9-15/h12H,2-11H2,1H3,(H,16,18)/t12-/m0/s1. The summed E-state index contributed by atoms with van der Waals surface area (Å²) in [5, 5.41) is 2.98. The van der Waals surface area contributed by atoms with E-state index in [1.807, 2.05) is 0 Å². The minimum Gasteiger partial charge on any atom is -0.458 e. The Bertz CT molecular complexity index is 334. The van der Waals surface area contributed by atoms with Gasteiger partial charge in [0.1, 0.15) is 5.60 Å². The lowest BCUT2D eigenvalue weighted by Gasteiger charge is -2.36. The van der Waals surface area contributed by atoms with Gasteiger partial charge in [-0.25, -0.2) is 0 Å². The highest BCUT2D eigenvalue weighted by Crippen LogP contribution is 2.44. The molecule has 1 aliphatic carbocycles. The van der Waals surface area contributed by atoms with Crippen LogP contribution in [0.2, 0.25) is 0 Å². The molecule has 2 aliphatic rings. The summed E-state index contributed by atoms with van der Waals surface area (Å²) in [6.07, 6.45) is 8.56. The number of amides is 1. The molecule has 2 fully saturated rings. The van der Waals surface area contributed by atoms with Gasteiger partial charge in [-0.05, 0) is 32.1 Å². The highest BCUT2D eigenvalue weighted by Gasteiger charge is 2.52. The number of carbonyl (C=O) groups excluding carboxylic acids is 2. The maximum Gasteiger partial charge on any atom is 0.307 e. The van der Waals surface area contributed by atoms with Crippen LogP contribution in [0.5, 0.6) is 0 Å². The van der Waals surface area contributed by atoms with Gasteiger partial charge in [-0.15, -0.1) is 0 Å². The smallest absolute Gasteiger partial charge is 0.307 e. The van der Waals surface area contributed by atoms with Crippen LogP contribution < -0.4 is 5.32 Å². The molecule has 0 bridgehead atoms. The number of rotatable bonds is 5. The van der Waals surface area contributed by atoms with E-state index in [1.165, 1.54) is 6.42 Å². The molecule has 1 spiro atoms. The number of unbranched alkanes of at least 4 members (excludes halogenated alkanes) is 2. The van der Waals surface area contributed by atoms with Crippen molar-refractivity contribution in [1.82, 2.24) is 5.32 Å². The Morgan fingerprint density at radius 1 is 1.32 bits per heavy atom. The average Bonchev–Trinajstić information content (AvgIpc) is 2.72. The molecule has 1 N–H and O–H groups in total. The molecular weight excluding hydrogens is 242 g/mol. The van der Waals surface area contributed by atoms with Crippen molar-refractivity contribution >= 4 is 11.9 Å². The van der Waals surface area contributed by atoms with E-state index in [9.17, 15) is 9.59 Å². The fraction of sp³-hybridized carbons (Fsp3) is 0.867. The van der Waals surface area contributed by atoms with Crippen molar-refractivity contribution in [2.45, 2.75) is 70.3 Å². The summed E-state index contributed by atoms with van der Waals surface area (Å²) in [4.78, 5) is 23.9. The van der Waals surface area contributed by atoms with Crippen molar-refractivity contribution in [3.63, 3.8) is 0 Å². The van der Waals surface area contributed by atoms with Crippen LogP contribution in [0.25, 0.3) is 0 Å². The maximum absolute atomic E-state index is 12.3. The lowest BCUT2D eigenvalue weighted by atomic mass is 9.75.